The van der Waals surface area contributed by atoms with Crippen LogP contribution in [-0.4, -0.2) is 42.2 Å². The van der Waals surface area contributed by atoms with Gasteiger partial charge in [0.05, 0.1) is 17.3 Å². The molecule has 2 heterocycles. The molecule has 2 aliphatic rings. The van der Waals surface area contributed by atoms with Crippen LogP contribution in [0.2, 0.25) is 0 Å². The fourth-order valence-electron chi connectivity index (χ4n) is 4.04. The first-order chi connectivity index (χ1) is 16.8. The maximum atomic E-state index is 15.1. The number of anilines is 2. The van der Waals surface area contributed by atoms with E-state index in [1.54, 1.807) is 0 Å². The Kier molecular flexibility index (Phi) is 6.04. The zero-order valence-electron chi connectivity index (χ0n) is 19.1. The van der Waals surface area contributed by atoms with Crippen LogP contribution in [0.15, 0.2) is 30.3 Å². The first-order valence-electron chi connectivity index (χ1n) is 10.5. The van der Waals surface area contributed by atoms with E-state index in [1.807, 2.05) is 0 Å². The van der Waals surface area contributed by atoms with E-state index in [4.69, 9.17) is 27.0 Å². The third kappa shape index (κ3) is 3.87. The van der Waals surface area contributed by atoms with Gasteiger partial charge in [0.25, 0.3) is 11.8 Å². The van der Waals surface area contributed by atoms with Crippen LogP contribution in [0.4, 0.5) is 28.9 Å². The standard InChI is InChI=1S/C23H18F4N4O4S/c1-22(2)20(33)30(13-6-4-11(9-28)17(18(13)24)23(25,26)27)21(36)31(22)12-5-7-14-15(8-12)34-10-16(35-14)19(32)29-3/h4-8,16H,10H2,1-3H3,(H,29,32)/t16-/m0/s1. The van der Waals surface area contributed by atoms with Crippen molar-refractivity contribution >= 4 is 40.5 Å². The van der Waals surface area contributed by atoms with Crippen molar-refractivity contribution in [2.75, 3.05) is 23.5 Å². The summed E-state index contributed by atoms with van der Waals surface area (Å²) < 4.78 is 67.0. The summed E-state index contributed by atoms with van der Waals surface area (Å²) in [5, 5.41) is 11.2. The first-order valence-corrected chi connectivity index (χ1v) is 10.9. The molecule has 8 nitrogen and oxygen atoms in total. The number of carbonyl (C=O) groups excluding carboxylic acids is 2. The molecule has 0 radical (unpaired) electrons. The Morgan fingerprint density at radius 3 is 2.56 bits per heavy atom. The minimum atomic E-state index is -5.17. The highest BCUT2D eigenvalue weighted by molar-refractivity contribution is 7.81. The average molecular weight is 522 g/mol. The maximum Gasteiger partial charge on any atom is 0.420 e. The molecule has 1 N–H and O–H groups in total. The molecule has 0 aromatic heterocycles. The van der Waals surface area contributed by atoms with Crippen molar-refractivity contribution in [1.29, 1.82) is 5.26 Å². The molecule has 2 aromatic rings. The van der Waals surface area contributed by atoms with Gasteiger partial charge in [-0.05, 0) is 50.3 Å². The Labute approximate surface area is 208 Å². The van der Waals surface area contributed by atoms with E-state index in [2.05, 4.69) is 5.32 Å². The zero-order chi connectivity index (χ0) is 26.6. The quantitative estimate of drug-likeness (QED) is 0.487. The number of alkyl halides is 3. The van der Waals surface area contributed by atoms with Gasteiger partial charge < -0.3 is 19.7 Å². The van der Waals surface area contributed by atoms with Gasteiger partial charge >= 0.3 is 6.18 Å². The van der Waals surface area contributed by atoms with Crippen LogP contribution in [0.1, 0.15) is 25.0 Å². The van der Waals surface area contributed by atoms with E-state index in [0.29, 0.717) is 10.6 Å². The molecular formula is C23H18F4N4O4S. The van der Waals surface area contributed by atoms with Gasteiger partial charge in [-0.15, -0.1) is 0 Å². The Bertz CT molecular complexity index is 1340. The van der Waals surface area contributed by atoms with Crippen molar-refractivity contribution in [3.8, 4) is 17.6 Å². The highest BCUT2D eigenvalue weighted by Crippen LogP contribution is 2.43. The summed E-state index contributed by atoms with van der Waals surface area (Å²) in [5.74, 6) is -2.43. The van der Waals surface area contributed by atoms with Gasteiger partial charge in [0.2, 0.25) is 6.10 Å². The topological polar surface area (TPSA) is 94.9 Å². The molecule has 2 aromatic carbocycles. The molecule has 13 heteroatoms. The molecule has 1 atom stereocenters. The highest BCUT2D eigenvalue weighted by Gasteiger charge is 2.52. The van der Waals surface area contributed by atoms with E-state index in [9.17, 15) is 22.8 Å². The zero-order valence-corrected chi connectivity index (χ0v) is 19.9. The lowest BCUT2D eigenvalue weighted by atomic mass is 10.0. The summed E-state index contributed by atoms with van der Waals surface area (Å²) >= 11 is 5.43. The van der Waals surface area contributed by atoms with Crippen LogP contribution in [0, 0.1) is 17.1 Å². The monoisotopic (exact) mass is 522 g/mol. The Balaban J connectivity index is 1.75. The lowest BCUT2D eigenvalue weighted by Gasteiger charge is -2.31. The molecule has 36 heavy (non-hydrogen) atoms. The number of halogens is 4. The van der Waals surface area contributed by atoms with Crippen molar-refractivity contribution in [2.45, 2.75) is 31.7 Å². The predicted molar refractivity (Wildman–Crippen MR) is 123 cm³/mol. The van der Waals surface area contributed by atoms with Crippen molar-refractivity contribution < 1.29 is 36.6 Å². The third-order valence-corrected chi connectivity index (χ3v) is 6.18. The molecule has 0 saturated carbocycles. The maximum absolute atomic E-state index is 15.1. The number of nitrogens with one attached hydrogen (secondary N) is 1. The molecule has 4 rings (SSSR count). The largest absolute Gasteiger partial charge is 0.485 e. The van der Waals surface area contributed by atoms with Crippen LogP contribution < -0.4 is 24.6 Å². The minimum absolute atomic E-state index is 0.0777. The fraction of sp³-hybridized carbons (Fsp3) is 0.304. The molecule has 0 bridgehead atoms. The summed E-state index contributed by atoms with van der Waals surface area (Å²) in [7, 11) is 1.46. The SMILES string of the molecule is CNC(=O)[C@@H]1COc2cc(N3C(=S)N(c4ccc(C#N)c(C(F)(F)F)c4F)C(=O)C3(C)C)ccc2O1. The van der Waals surface area contributed by atoms with Gasteiger partial charge in [0.15, 0.2) is 22.4 Å². The summed E-state index contributed by atoms with van der Waals surface area (Å²) in [6.45, 7) is 2.88. The van der Waals surface area contributed by atoms with Crippen molar-refractivity contribution in [2.24, 2.45) is 0 Å². The number of nitrogens with zero attached hydrogens (tertiary/aromatic N) is 3. The molecular weight excluding hydrogens is 504 g/mol. The van der Waals surface area contributed by atoms with Gasteiger partial charge in [-0.2, -0.15) is 18.4 Å². The second kappa shape index (κ2) is 8.63. The Morgan fingerprint density at radius 1 is 1.25 bits per heavy atom. The number of hydrogen-bond donors (Lipinski definition) is 1. The second-order valence-electron chi connectivity index (χ2n) is 8.41. The molecule has 0 aliphatic carbocycles. The van der Waals surface area contributed by atoms with Gasteiger partial charge in [-0.1, -0.05) is 0 Å². The van der Waals surface area contributed by atoms with Crippen molar-refractivity contribution in [1.82, 2.24) is 5.32 Å². The number of ether oxygens (including phenoxy) is 2. The smallest absolute Gasteiger partial charge is 0.420 e. The molecule has 188 valence electrons. The molecule has 1 saturated heterocycles. The normalized spacial score (nSPS) is 18.8. The predicted octanol–water partition coefficient (Wildman–Crippen LogP) is 3.52. The van der Waals surface area contributed by atoms with Gasteiger partial charge in [-0.25, -0.2) is 4.39 Å². The van der Waals surface area contributed by atoms with Gasteiger partial charge in [-0.3, -0.25) is 14.5 Å². The molecule has 1 fully saturated rings. The number of thiocarbonyl (C=S) groups is 1. The van der Waals surface area contributed by atoms with E-state index in [1.165, 1.54) is 50.1 Å². The van der Waals surface area contributed by atoms with Crippen molar-refractivity contribution in [3.05, 3.63) is 47.3 Å². The average Bonchev–Trinajstić information content (AvgIpc) is 3.00. The van der Waals surface area contributed by atoms with E-state index in [0.717, 1.165) is 12.1 Å². The van der Waals surface area contributed by atoms with Crippen LogP contribution >= 0.6 is 12.2 Å². The third-order valence-electron chi connectivity index (χ3n) is 5.82. The number of likely N-dealkylation sites (N-methyl/N-ethyl adjacent to an activating group) is 1. The number of amides is 2. The highest BCUT2D eigenvalue weighted by atomic mass is 32.1. The lowest BCUT2D eigenvalue weighted by molar-refractivity contribution is -0.140. The molecule has 0 spiro atoms. The van der Waals surface area contributed by atoms with Crippen LogP contribution in [-0.2, 0) is 15.8 Å². The summed E-state index contributed by atoms with van der Waals surface area (Å²) in [6.07, 6.45) is -6.04. The Hall–Kier alpha value is -3.92. The minimum Gasteiger partial charge on any atom is -0.485 e. The Morgan fingerprint density at radius 2 is 1.94 bits per heavy atom. The van der Waals surface area contributed by atoms with Gasteiger partial charge in [0, 0.05) is 18.8 Å². The number of carbonyl (C=O) groups is 2. The van der Waals surface area contributed by atoms with E-state index >= 15 is 4.39 Å². The number of benzene rings is 2. The summed E-state index contributed by atoms with van der Waals surface area (Å²) in [6, 6.07) is 7.54. The summed E-state index contributed by atoms with van der Waals surface area (Å²) in [4.78, 5) is 27.2. The van der Waals surface area contributed by atoms with Crippen LogP contribution in [0.3, 0.4) is 0 Å². The fourth-order valence-corrected chi connectivity index (χ4v) is 4.55. The first kappa shape index (κ1) is 25.2. The van der Waals surface area contributed by atoms with Gasteiger partial charge in [0.1, 0.15) is 17.7 Å². The second-order valence-corrected chi connectivity index (χ2v) is 8.78. The number of nitriles is 1. The van der Waals surface area contributed by atoms with Crippen molar-refractivity contribution in [3.63, 3.8) is 0 Å². The lowest BCUT2D eigenvalue weighted by Crippen LogP contribution is -2.44. The van der Waals surface area contributed by atoms with Crippen LogP contribution in [0.5, 0.6) is 11.5 Å². The number of rotatable bonds is 3. The molecule has 2 amide bonds. The van der Waals surface area contributed by atoms with E-state index < -0.39 is 46.4 Å². The summed E-state index contributed by atoms with van der Waals surface area (Å²) in [5.41, 5.74) is -4.52. The molecule has 0 unspecified atom stereocenters. The molecule has 2 aliphatic heterocycles. The number of hydrogen-bond acceptors (Lipinski definition) is 6. The van der Waals surface area contributed by atoms with E-state index in [-0.39, 0.29) is 29.1 Å². The van der Waals surface area contributed by atoms with Crippen LogP contribution in [0.25, 0.3) is 0 Å². The number of fused-ring (bicyclic) bond motifs is 1.